The first-order valence-electron chi connectivity index (χ1n) is 7.81. The van der Waals surface area contributed by atoms with Crippen LogP contribution in [0.1, 0.15) is 16.8 Å². The lowest BCUT2D eigenvalue weighted by molar-refractivity contribution is 0.102. The van der Waals surface area contributed by atoms with Gasteiger partial charge >= 0.3 is 0 Å². The van der Waals surface area contributed by atoms with Gasteiger partial charge in [-0.3, -0.25) is 9.78 Å². The minimum Gasteiger partial charge on any atom is -0.367 e. The largest absolute Gasteiger partial charge is 0.367 e. The Balaban J connectivity index is 1.51. The van der Waals surface area contributed by atoms with E-state index in [4.69, 9.17) is 0 Å². The molecule has 3 aliphatic heterocycles. The Kier molecular flexibility index (Phi) is 3.65. The monoisotopic (exact) mass is 330 g/mol. The van der Waals surface area contributed by atoms with Crippen LogP contribution in [0, 0.1) is 11.6 Å². The molecule has 1 aromatic carbocycles. The number of benzene rings is 1. The van der Waals surface area contributed by atoms with Crippen LogP contribution < -0.4 is 15.5 Å². The zero-order valence-corrected chi connectivity index (χ0v) is 12.8. The number of anilines is 2. The van der Waals surface area contributed by atoms with Crippen molar-refractivity contribution in [3.8, 4) is 0 Å². The predicted octanol–water partition coefficient (Wildman–Crippen LogP) is 2.16. The van der Waals surface area contributed by atoms with E-state index in [1.165, 1.54) is 18.7 Å². The fourth-order valence-electron chi connectivity index (χ4n) is 3.23. The van der Waals surface area contributed by atoms with Gasteiger partial charge < -0.3 is 15.5 Å². The minimum absolute atomic E-state index is 0.0600. The highest BCUT2D eigenvalue weighted by atomic mass is 19.1. The van der Waals surface area contributed by atoms with Crippen molar-refractivity contribution in [3.05, 3.63) is 53.9 Å². The maximum absolute atomic E-state index is 13.7. The summed E-state index contributed by atoms with van der Waals surface area (Å²) >= 11 is 0. The smallest absolute Gasteiger partial charge is 0.257 e. The molecule has 2 N–H and O–H groups in total. The number of hydrogen-bond acceptors (Lipinski definition) is 4. The zero-order chi connectivity index (χ0) is 16.7. The molecule has 0 spiro atoms. The molecule has 1 amide bonds. The number of nitrogens with one attached hydrogen (secondary N) is 2. The zero-order valence-electron chi connectivity index (χ0n) is 12.8. The molecule has 0 radical (unpaired) electrons. The molecule has 5 rings (SSSR count). The summed E-state index contributed by atoms with van der Waals surface area (Å²) in [6, 6.07) is 5.76. The number of aromatic nitrogens is 1. The van der Waals surface area contributed by atoms with Gasteiger partial charge in [-0.1, -0.05) is 0 Å². The van der Waals surface area contributed by atoms with E-state index in [2.05, 4.69) is 20.5 Å². The highest BCUT2D eigenvalue weighted by molar-refractivity contribution is 6.04. The van der Waals surface area contributed by atoms with E-state index in [0.717, 1.165) is 30.9 Å². The fraction of sp³-hybridized carbons (Fsp3) is 0.294. The van der Waals surface area contributed by atoms with Crippen molar-refractivity contribution < 1.29 is 13.6 Å². The topological polar surface area (TPSA) is 57.3 Å². The van der Waals surface area contributed by atoms with E-state index < -0.39 is 17.5 Å². The van der Waals surface area contributed by atoms with Crippen molar-refractivity contribution in [2.45, 2.75) is 18.5 Å². The van der Waals surface area contributed by atoms with Crippen molar-refractivity contribution in [1.82, 2.24) is 10.3 Å². The molecular formula is C17H16F2N4O. The van der Waals surface area contributed by atoms with Crippen LogP contribution in [-0.4, -0.2) is 36.1 Å². The molecule has 4 heterocycles. The number of nitrogens with zero attached hydrogens (tertiary/aromatic N) is 2. The van der Waals surface area contributed by atoms with Gasteiger partial charge in [0, 0.05) is 37.4 Å². The summed E-state index contributed by atoms with van der Waals surface area (Å²) in [6.45, 7) is 1.77. The molecule has 124 valence electrons. The number of halogens is 2. The number of hydrogen-bond donors (Lipinski definition) is 2. The SMILES string of the molecule is O=C(Nc1ccc(F)cc1F)c1cncc(N2CC3CC(C2)N3)c1. The Hall–Kier alpha value is -2.54. The van der Waals surface area contributed by atoms with Gasteiger partial charge in [-0.05, 0) is 24.6 Å². The summed E-state index contributed by atoms with van der Waals surface area (Å²) in [7, 11) is 0. The lowest BCUT2D eigenvalue weighted by Crippen LogP contribution is -2.67. The minimum atomic E-state index is -0.811. The molecule has 2 aromatic rings. The first-order valence-corrected chi connectivity index (χ1v) is 7.81. The van der Waals surface area contributed by atoms with Crippen molar-refractivity contribution in [2.75, 3.05) is 23.3 Å². The summed E-state index contributed by atoms with van der Waals surface area (Å²) in [6.07, 6.45) is 4.34. The number of amides is 1. The van der Waals surface area contributed by atoms with Gasteiger partial charge in [0.05, 0.1) is 23.1 Å². The number of fused-ring (bicyclic) bond motifs is 2. The first-order chi connectivity index (χ1) is 11.6. The van der Waals surface area contributed by atoms with E-state index >= 15 is 0 Å². The maximum atomic E-state index is 13.7. The van der Waals surface area contributed by atoms with Gasteiger partial charge in [0.2, 0.25) is 0 Å². The molecule has 0 saturated carbocycles. The van der Waals surface area contributed by atoms with Crippen molar-refractivity contribution in [3.63, 3.8) is 0 Å². The standard InChI is InChI=1S/C17H16F2N4O/c18-11-1-2-16(15(19)4-11)22-17(24)10-3-14(7-20-6-10)23-8-12-5-13(9-23)21-12/h1-4,6-7,12-13,21H,5,8-9H2,(H,22,24). The third-order valence-corrected chi connectivity index (χ3v) is 4.45. The maximum Gasteiger partial charge on any atom is 0.257 e. The molecule has 24 heavy (non-hydrogen) atoms. The molecule has 3 aliphatic rings. The number of carbonyl (C=O) groups is 1. The van der Waals surface area contributed by atoms with Crippen LogP contribution in [0.4, 0.5) is 20.2 Å². The molecule has 3 saturated heterocycles. The third-order valence-electron chi connectivity index (χ3n) is 4.45. The van der Waals surface area contributed by atoms with Crippen LogP contribution in [0.5, 0.6) is 0 Å². The second-order valence-corrected chi connectivity index (χ2v) is 6.21. The van der Waals surface area contributed by atoms with Crippen molar-refractivity contribution in [2.24, 2.45) is 0 Å². The Labute approximate surface area is 137 Å². The summed E-state index contributed by atoms with van der Waals surface area (Å²) in [5, 5.41) is 5.90. The average molecular weight is 330 g/mol. The lowest BCUT2D eigenvalue weighted by Gasteiger charge is -2.49. The normalized spacial score (nSPS) is 22.0. The first kappa shape index (κ1) is 15.0. The number of pyridine rings is 1. The molecule has 2 atom stereocenters. The van der Waals surface area contributed by atoms with Gasteiger partial charge in [0.25, 0.3) is 5.91 Å². The van der Waals surface area contributed by atoms with Crippen LogP contribution in [0.15, 0.2) is 36.7 Å². The van der Waals surface area contributed by atoms with E-state index in [-0.39, 0.29) is 5.69 Å². The van der Waals surface area contributed by atoms with Gasteiger partial charge in [-0.15, -0.1) is 0 Å². The van der Waals surface area contributed by atoms with Crippen molar-refractivity contribution >= 4 is 17.3 Å². The van der Waals surface area contributed by atoms with Crippen LogP contribution in [0.25, 0.3) is 0 Å². The molecular weight excluding hydrogens is 314 g/mol. The van der Waals surface area contributed by atoms with E-state index in [1.54, 1.807) is 12.3 Å². The van der Waals surface area contributed by atoms with E-state index in [9.17, 15) is 13.6 Å². The van der Waals surface area contributed by atoms with Gasteiger partial charge in [-0.2, -0.15) is 0 Å². The average Bonchev–Trinajstić information content (AvgIpc) is 2.57. The van der Waals surface area contributed by atoms with E-state index in [0.29, 0.717) is 17.6 Å². The Morgan fingerprint density at radius 2 is 1.96 bits per heavy atom. The summed E-state index contributed by atoms with van der Waals surface area (Å²) in [5.41, 5.74) is 1.15. The number of piperidine rings is 1. The van der Waals surface area contributed by atoms with Crippen LogP contribution in [-0.2, 0) is 0 Å². The van der Waals surface area contributed by atoms with Crippen LogP contribution in [0.2, 0.25) is 0 Å². The van der Waals surface area contributed by atoms with Gasteiger partial charge in [0.15, 0.2) is 0 Å². The van der Waals surface area contributed by atoms with E-state index in [1.807, 2.05) is 0 Å². The second-order valence-electron chi connectivity index (χ2n) is 6.21. The number of piperazine rings is 1. The van der Waals surface area contributed by atoms with Crippen LogP contribution in [0.3, 0.4) is 0 Å². The second kappa shape index (κ2) is 5.83. The molecule has 2 unspecified atom stereocenters. The number of rotatable bonds is 3. The molecule has 3 fully saturated rings. The molecule has 1 aromatic heterocycles. The molecule has 7 heteroatoms. The summed E-state index contributed by atoms with van der Waals surface area (Å²) < 4.78 is 26.6. The van der Waals surface area contributed by atoms with Crippen LogP contribution >= 0.6 is 0 Å². The lowest BCUT2D eigenvalue weighted by atomic mass is 9.91. The number of carbonyl (C=O) groups excluding carboxylic acids is 1. The highest BCUT2D eigenvalue weighted by Gasteiger charge is 2.36. The highest BCUT2D eigenvalue weighted by Crippen LogP contribution is 2.26. The Bertz CT molecular complexity index is 782. The van der Waals surface area contributed by atoms with Crippen molar-refractivity contribution in [1.29, 1.82) is 0 Å². The molecule has 5 nitrogen and oxygen atoms in total. The fourth-order valence-corrected chi connectivity index (χ4v) is 3.23. The third kappa shape index (κ3) is 2.82. The quantitative estimate of drug-likeness (QED) is 0.906. The predicted molar refractivity (Wildman–Crippen MR) is 86.1 cm³/mol. The summed E-state index contributed by atoms with van der Waals surface area (Å²) in [5.74, 6) is -1.98. The summed E-state index contributed by atoms with van der Waals surface area (Å²) in [4.78, 5) is 18.6. The molecule has 0 aliphatic carbocycles. The Morgan fingerprint density at radius 3 is 2.67 bits per heavy atom. The molecule has 2 bridgehead atoms. The Morgan fingerprint density at radius 1 is 1.21 bits per heavy atom. The van der Waals surface area contributed by atoms with Gasteiger partial charge in [0.1, 0.15) is 11.6 Å². The van der Waals surface area contributed by atoms with Gasteiger partial charge in [-0.25, -0.2) is 8.78 Å².